The third-order valence-corrected chi connectivity index (χ3v) is 6.62. The van der Waals surface area contributed by atoms with Crippen LogP contribution in [0.25, 0.3) is 0 Å². The summed E-state index contributed by atoms with van der Waals surface area (Å²) in [6, 6.07) is 2.01. The van der Waals surface area contributed by atoms with E-state index in [2.05, 4.69) is 11.6 Å². The minimum absolute atomic E-state index is 0.105. The first-order valence-corrected chi connectivity index (χ1v) is 10.4. The molecule has 2 bridgehead atoms. The van der Waals surface area contributed by atoms with E-state index >= 15 is 0 Å². The van der Waals surface area contributed by atoms with Gasteiger partial charge in [-0.25, -0.2) is 4.79 Å². The zero-order chi connectivity index (χ0) is 16.6. The number of carbonyl (C=O) groups is 1. The van der Waals surface area contributed by atoms with Gasteiger partial charge in [0.25, 0.3) is 0 Å². The first-order valence-electron chi connectivity index (χ1n) is 9.16. The summed E-state index contributed by atoms with van der Waals surface area (Å²) in [6.07, 6.45) is 10.6. The van der Waals surface area contributed by atoms with Gasteiger partial charge in [0.15, 0.2) is 0 Å². The highest BCUT2D eigenvalue weighted by molar-refractivity contribution is 7.99. The molecule has 2 heterocycles. The lowest BCUT2D eigenvalue weighted by Crippen LogP contribution is -2.53. The van der Waals surface area contributed by atoms with Crippen molar-refractivity contribution in [3.63, 3.8) is 0 Å². The molecule has 5 heteroatoms. The second kappa shape index (κ2) is 6.83. The average Bonchev–Trinajstić information content (AvgIpc) is 3.00. The summed E-state index contributed by atoms with van der Waals surface area (Å²) in [5.74, 6) is 0. The van der Waals surface area contributed by atoms with Crippen LogP contribution in [0.1, 0.15) is 65.7 Å². The van der Waals surface area contributed by atoms with Crippen molar-refractivity contribution < 1.29 is 9.53 Å². The van der Waals surface area contributed by atoms with E-state index in [-0.39, 0.29) is 6.09 Å². The maximum Gasteiger partial charge on any atom is 0.410 e. The van der Waals surface area contributed by atoms with Crippen LogP contribution < -0.4 is 5.32 Å². The Hall–Kier alpha value is -0.420. The second-order valence-electron chi connectivity index (χ2n) is 8.48. The van der Waals surface area contributed by atoms with E-state index in [0.717, 1.165) is 30.9 Å². The van der Waals surface area contributed by atoms with Crippen LogP contribution in [0.4, 0.5) is 4.79 Å². The Bertz CT molecular complexity index is 423. The molecule has 1 amide bonds. The molecule has 132 valence electrons. The van der Waals surface area contributed by atoms with E-state index in [0.29, 0.717) is 24.2 Å². The topological polar surface area (TPSA) is 41.6 Å². The quantitative estimate of drug-likeness (QED) is 0.849. The standard InChI is InChI=1S/C18H32N2O2S/c1-18(2,3)22-17(21)20-14-6-7-15(20)10-13(9-14)19-12-5-8-16(11-12)23-4/h12-16,19H,5-11H2,1-4H3/t12-,13?,14-,15+,16+/m1/s1. The number of nitrogens with zero attached hydrogens (tertiary/aromatic N) is 1. The highest BCUT2D eigenvalue weighted by Crippen LogP contribution is 2.38. The normalized spacial score (nSPS) is 37.2. The van der Waals surface area contributed by atoms with Gasteiger partial charge >= 0.3 is 6.09 Å². The Morgan fingerprint density at radius 1 is 1.04 bits per heavy atom. The van der Waals surface area contributed by atoms with Crippen LogP contribution in [0.3, 0.4) is 0 Å². The molecule has 0 spiro atoms. The Labute approximate surface area is 145 Å². The van der Waals surface area contributed by atoms with Gasteiger partial charge in [-0.2, -0.15) is 11.8 Å². The lowest BCUT2D eigenvalue weighted by molar-refractivity contribution is 0.00432. The van der Waals surface area contributed by atoms with Gasteiger partial charge in [0.1, 0.15) is 5.60 Å². The third kappa shape index (κ3) is 4.16. The largest absolute Gasteiger partial charge is 0.444 e. The average molecular weight is 341 g/mol. The highest BCUT2D eigenvalue weighted by Gasteiger charge is 2.45. The summed E-state index contributed by atoms with van der Waals surface area (Å²) in [7, 11) is 0. The van der Waals surface area contributed by atoms with Gasteiger partial charge in [-0.15, -0.1) is 0 Å². The van der Waals surface area contributed by atoms with Crippen molar-refractivity contribution in [2.75, 3.05) is 6.26 Å². The van der Waals surface area contributed by atoms with E-state index in [1.165, 1.54) is 19.3 Å². The third-order valence-electron chi connectivity index (χ3n) is 5.53. The number of carbonyl (C=O) groups excluding carboxylic acids is 1. The predicted molar refractivity (Wildman–Crippen MR) is 96.0 cm³/mol. The fourth-order valence-electron chi connectivity index (χ4n) is 4.56. The van der Waals surface area contributed by atoms with Crippen molar-refractivity contribution in [2.45, 2.75) is 101 Å². The minimum atomic E-state index is -0.400. The lowest BCUT2D eigenvalue weighted by atomic mass is 9.96. The molecule has 1 saturated carbocycles. The lowest BCUT2D eigenvalue weighted by Gasteiger charge is -2.40. The molecule has 3 aliphatic rings. The molecule has 1 aliphatic carbocycles. The molecular formula is C18H32N2O2S. The van der Waals surface area contributed by atoms with Gasteiger partial charge in [0.2, 0.25) is 0 Å². The Kier molecular flexibility index (Phi) is 5.17. The summed E-state index contributed by atoms with van der Waals surface area (Å²) in [4.78, 5) is 14.5. The van der Waals surface area contributed by atoms with Crippen molar-refractivity contribution in [3.05, 3.63) is 0 Å². The summed E-state index contributed by atoms with van der Waals surface area (Å²) >= 11 is 2.01. The zero-order valence-corrected chi connectivity index (χ0v) is 15.8. The van der Waals surface area contributed by atoms with E-state index in [1.54, 1.807) is 0 Å². The van der Waals surface area contributed by atoms with E-state index in [4.69, 9.17) is 4.74 Å². The number of fused-ring (bicyclic) bond motifs is 2. The van der Waals surface area contributed by atoms with Gasteiger partial charge in [-0.1, -0.05) is 0 Å². The number of rotatable bonds is 3. The van der Waals surface area contributed by atoms with Crippen LogP contribution in [0.5, 0.6) is 0 Å². The van der Waals surface area contributed by atoms with Crippen LogP contribution >= 0.6 is 11.8 Å². The smallest absolute Gasteiger partial charge is 0.410 e. The number of hydrogen-bond donors (Lipinski definition) is 1. The molecule has 23 heavy (non-hydrogen) atoms. The molecule has 5 atom stereocenters. The Morgan fingerprint density at radius 3 is 2.22 bits per heavy atom. The van der Waals surface area contributed by atoms with Gasteiger partial charge in [-0.05, 0) is 72.0 Å². The van der Waals surface area contributed by atoms with E-state index < -0.39 is 5.60 Å². The predicted octanol–water partition coefficient (Wildman–Crippen LogP) is 3.79. The Morgan fingerprint density at radius 2 is 1.70 bits per heavy atom. The van der Waals surface area contributed by atoms with Crippen LogP contribution in [0.2, 0.25) is 0 Å². The van der Waals surface area contributed by atoms with Gasteiger partial charge in [0.05, 0.1) is 0 Å². The van der Waals surface area contributed by atoms with Crippen LogP contribution in [-0.2, 0) is 4.74 Å². The fraction of sp³-hybridized carbons (Fsp3) is 0.944. The minimum Gasteiger partial charge on any atom is -0.444 e. The number of amides is 1. The summed E-state index contributed by atoms with van der Waals surface area (Å²) in [5.41, 5.74) is -0.400. The number of hydrogen-bond acceptors (Lipinski definition) is 4. The molecule has 0 radical (unpaired) electrons. The van der Waals surface area contributed by atoms with Crippen molar-refractivity contribution in [2.24, 2.45) is 0 Å². The van der Waals surface area contributed by atoms with Crippen molar-refractivity contribution in [3.8, 4) is 0 Å². The Balaban J connectivity index is 1.54. The fourth-order valence-corrected chi connectivity index (χ4v) is 5.36. The zero-order valence-electron chi connectivity index (χ0n) is 15.0. The molecular weight excluding hydrogens is 308 g/mol. The maximum atomic E-state index is 12.5. The van der Waals surface area contributed by atoms with E-state index in [1.807, 2.05) is 37.4 Å². The molecule has 2 aliphatic heterocycles. The van der Waals surface area contributed by atoms with Crippen LogP contribution in [-0.4, -0.2) is 52.3 Å². The second-order valence-corrected chi connectivity index (χ2v) is 9.61. The van der Waals surface area contributed by atoms with Crippen molar-refractivity contribution in [1.82, 2.24) is 10.2 Å². The molecule has 3 fully saturated rings. The first-order chi connectivity index (χ1) is 10.9. The number of piperidine rings is 1. The summed E-state index contributed by atoms with van der Waals surface area (Å²) in [6.45, 7) is 5.84. The molecule has 1 N–H and O–H groups in total. The molecule has 0 aromatic rings. The molecule has 0 aromatic carbocycles. The molecule has 3 rings (SSSR count). The summed E-state index contributed by atoms with van der Waals surface area (Å²) in [5, 5.41) is 4.74. The highest BCUT2D eigenvalue weighted by atomic mass is 32.2. The summed E-state index contributed by atoms with van der Waals surface area (Å²) < 4.78 is 5.62. The molecule has 0 aromatic heterocycles. The first kappa shape index (κ1) is 17.4. The number of ether oxygens (including phenoxy) is 1. The van der Waals surface area contributed by atoms with Gasteiger partial charge in [0, 0.05) is 29.4 Å². The molecule has 4 nitrogen and oxygen atoms in total. The molecule has 2 saturated heterocycles. The molecule has 1 unspecified atom stereocenters. The number of thioether (sulfide) groups is 1. The van der Waals surface area contributed by atoms with Gasteiger partial charge in [-0.3, -0.25) is 0 Å². The van der Waals surface area contributed by atoms with Crippen LogP contribution in [0.15, 0.2) is 0 Å². The van der Waals surface area contributed by atoms with Crippen LogP contribution in [0, 0.1) is 0 Å². The van der Waals surface area contributed by atoms with E-state index in [9.17, 15) is 4.79 Å². The van der Waals surface area contributed by atoms with Crippen molar-refractivity contribution in [1.29, 1.82) is 0 Å². The monoisotopic (exact) mass is 340 g/mol. The maximum absolute atomic E-state index is 12.5. The SMILES string of the molecule is CS[C@H]1CC[C@@H](NC2C[C@H]3CC[C@@H](C2)N3C(=O)OC(C)(C)C)C1. The number of nitrogens with one attached hydrogen (secondary N) is 1. The van der Waals surface area contributed by atoms with Crippen molar-refractivity contribution >= 4 is 17.9 Å². The van der Waals surface area contributed by atoms with Gasteiger partial charge < -0.3 is 15.0 Å².